The Morgan fingerprint density at radius 2 is 2.11 bits per heavy atom. The topological polar surface area (TPSA) is 78.4 Å². The average Bonchev–Trinajstić information content (AvgIpc) is 2.32. The fraction of sp³-hybridized carbons (Fsp3) is 0.846. The summed E-state index contributed by atoms with van der Waals surface area (Å²) in [4.78, 5) is 23.1. The van der Waals surface area contributed by atoms with E-state index in [1.807, 2.05) is 7.05 Å². The SMILES string of the molecule is CNCCCC(=O)NC1CCCCC1(C)C(=O)O. The maximum atomic E-state index is 11.8. The minimum absolute atomic E-state index is 0.0374. The first-order valence-corrected chi connectivity index (χ1v) is 6.68. The molecule has 0 aromatic heterocycles. The largest absolute Gasteiger partial charge is 0.481 e. The number of carbonyl (C=O) groups excluding carboxylic acids is 1. The van der Waals surface area contributed by atoms with E-state index in [4.69, 9.17) is 0 Å². The standard InChI is InChI=1S/C13H24N2O3/c1-13(12(17)18)8-4-3-6-10(13)15-11(16)7-5-9-14-2/h10,14H,3-9H2,1-2H3,(H,15,16)(H,17,18). The Morgan fingerprint density at radius 1 is 1.39 bits per heavy atom. The average molecular weight is 256 g/mol. The van der Waals surface area contributed by atoms with Crippen molar-refractivity contribution in [3.63, 3.8) is 0 Å². The van der Waals surface area contributed by atoms with Crippen LogP contribution in [0, 0.1) is 5.41 Å². The summed E-state index contributed by atoms with van der Waals surface area (Å²) in [5.41, 5.74) is -0.809. The van der Waals surface area contributed by atoms with E-state index in [-0.39, 0.29) is 11.9 Å². The summed E-state index contributed by atoms with van der Waals surface area (Å²) in [6, 6.07) is -0.231. The normalized spacial score (nSPS) is 27.8. The van der Waals surface area contributed by atoms with Gasteiger partial charge in [-0.3, -0.25) is 9.59 Å². The van der Waals surface area contributed by atoms with Crippen molar-refractivity contribution in [3.05, 3.63) is 0 Å². The van der Waals surface area contributed by atoms with E-state index in [2.05, 4.69) is 10.6 Å². The molecule has 5 nitrogen and oxygen atoms in total. The van der Waals surface area contributed by atoms with Crippen molar-refractivity contribution in [1.82, 2.24) is 10.6 Å². The molecule has 1 rings (SSSR count). The van der Waals surface area contributed by atoms with Gasteiger partial charge in [0.1, 0.15) is 0 Å². The van der Waals surface area contributed by atoms with Crippen LogP contribution in [0.5, 0.6) is 0 Å². The van der Waals surface area contributed by atoms with Crippen molar-refractivity contribution in [3.8, 4) is 0 Å². The molecule has 0 aliphatic heterocycles. The highest BCUT2D eigenvalue weighted by atomic mass is 16.4. The smallest absolute Gasteiger partial charge is 0.311 e. The third kappa shape index (κ3) is 3.70. The number of hydrogen-bond donors (Lipinski definition) is 3. The van der Waals surface area contributed by atoms with Gasteiger partial charge in [-0.05, 0) is 39.8 Å². The quantitative estimate of drug-likeness (QED) is 0.623. The molecule has 2 atom stereocenters. The van der Waals surface area contributed by atoms with E-state index < -0.39 is 11.4 Å². The predicted octanol–water partition coefficient (Wildman–Crippen LogP) is 1.14. The fourth-order valence-corrected chi connectivity index (χ4v) is 2.51. The Morgan fingerprint density at radius 3 is 2.72 bits per heavy atom. The molecule has 1 fully saturated rings. The summed E-state index contributed by atoms with van der Waals surface area (Å²) in [7, 11) is 1.85. The number of hydrogen-bond acceptors (Lipinski definition) is 3. The second-order valence-corrected chi connectivity index (χ2v) is 5.30. The van der Waals surface area contributed by atoms with Gasteiger partial charge in [0.2, 0.25) is 5.91 Å². The number of aliphatic carboxylic acids is 1. The lowest BCUT2D eigenvalue weighted by Gasteiger charge is -2.38. The maximum Gasteiger partial charge on any atom is 0.311 e. The highest BCUT2D eigenvalue weighted by Crippen LogP contribution is 2.36. The van der Waals surface area contributed by atoms with Crippen molar-refractivity contribution in [1.29, 1.82) is 0 Å². The van der Waals surface area contributed by atoms with Crippen LogP contribution in [0.3, 0.4) is 0 Å². The molecule has 0 aromatic carbocycles. The Kier molecular flexibility index (Phi) is 5.59. The number of carbonyl (C=O) groups is 2. The van der Waals surface area contributed by atoms with E-state index in [1.165, 1.54) is 0 Å². The van der Waals surface area contributed by atoms with Gasteiger partial charge in [-0.1, -0.05) is 12.8 Å². The minimum Gasteiger partial charge on any atom is -0.481 e. The zero-order valence-corrected chi connectivity index (χ0v) is 11.3. The van der Waals surface area contributed by atoms with Crippen molar-refractivity contribution in [2.24, 2.45) is 5.41 Å². The van der Waals surface area contributed by atoms with Crippen LogP contribution in [-0.4, -0.2) is 36.6 Å². The number of carboxylic acids is 1. The molecular formula is C13H24N2O3. The summed E-state index contributed by atoms with van der Waals surface area (Å²) >= 11 is 0. The van der Waals surface area contributed by atoms with Gasteiger partial charge in [0, 0.05) is 12.5 Å². The van der Waals surface area contributed by atoms with Crippen LogP contribution in [0.15, 0.2) is 0 Å². The van der Waals surface area contributed by atoms with Crippen molar-refractivity contribution in [2.75, 3.05) is 13.6 Å². The molecule has 1 saturated carbocycles. The first-order valence-electron chi connectivity index (χ1n) is 6.68. The van der Waals surface area contributed by atoms with Gasteiger partial charge in [0.05, 0.1) is 5.41 Å². The lowest BCUT2D eigenvalue weighted by Crippen LogP contribution is -2.52. The third-order valence-electron chi connectivity index (χ3n) is 3.86. The molecule has 0 spiro atoms. The molecule has 104 valence electrons. The molecule has 0 aromatic rings. The molecule has 1 amide bonds. The van der Waals surface area contributed by atoms with Gasteiger partial charge in [0.25, 0.3) is 0 Å². The molecule has 1 aliphatic rings. The van der Waals surface area contributed by atoms with E-state index in [9.17, 15) is 14.7 Å². The second kappa shape index (κ2) is 6.73. The zero-order chi connectivity index (χ0) is 13.6. The lowest BCUT2D eigenvalue weighted by atomic mass is 9.71. The van der Waals surface area contributed by atoms with Crippen molar-refractivity contribution < 1.29 is 14.7 Å². The Labute approximate surface area is 108 Å². The second-order valence-electron chi connectivity index (χ2n) is 5.30. The lowest BCUT2D eigenvalue weighted by molar-refractivity contribution is -0.152. The molecule has 5 heteroatoms. The zero-order valence-electron chi connectivity index (χ0n) is 11.3. The van der Waals surface area contributed by atoms with Crippen LogP contribution in [-0.2, 0) is 9.59 Å². The number of amides is 1. The fourth-order valence-electron chi connectivity index (χ4n) is 2.51. The molecule has 3 N–H and O–H groups in total. The van der Waals surface area contributed by atoms with Gasteiger partial charge in [0.15, 0.2) is 0 Å². The Bertz CT molecular complexity index is 307. The minimum atomic E-state index is -0.809. The van der Waals surface area contributed by atoms with Crippen LogP contribution >= 0.6 is 0 Å². The van der Waals surface area contributed by atoms with Gasteiger partial charge in [-0.15, -0.1) is 0 Å². The summed E-state index contributed by atoms with van der Waals surface area (Å²) in [5.74, 6) is -0.840. The molecule has 0 heterocycles. The van der Waals surface area contributed by atoms with E-state index in [0.29, 0.717) is 12.8 Å². The number of carboxylic acid groups (broad SMARTS) is 1. The highest BCUT2D eigenvalue weighted by molar-refractivity contribution is 5.79. The summed E-state index contributed by atoms with van der Waals surface area (Å²) in [6.07, 6.45) is 4.55. The first kappa shape index (κ1) is 15.0. The molecule has 2 unspecified atom stereocenters. The van der Waals surface area contributed by atoms with E-state index in [0.717, 1.165) is 32.2 Å². The van der Waals surface area contributed by atoms with Crippen LogP contribution < -0.4 is 10.6 Å². The van der Waals surface area contributed by atoms with Gasteiger partial charge >= 0.3 is 5.97 Å². The van der Waals surface area contributed by atoms with E-state index in [1.54, 1.807) is 6.92 Å². The predicted molar refractivity (Wildman–Crippen MR) is 69.3 cm³/mol. The maximum absolute atomic E-state index is 11.8. The van der Waals surface area contributed by atoms with Crippen molar-refractivity contribution >= 4 is 11.9 Å². The molecule has 0 saturated heterocycles. The van der Waals surface area contributed by atoms with Crippen LogP contribution in [0.2, 0.25) is 0 Å². The monoisotopic (exact) mass is 256 g/mol. The molecule has 1 aliphatic carbocycles. The molecule has 0 bridgehead atoms. The van der Waals surface area contributed by atoms with Crippen LogP contribution in [0.4, 0.5) is 0 Å². The van der Waals surface area contributed by atoms with Crippen molar-refractivity contribution in [2.45, 2.75) is 51.5 Å². The van der Waals surface area contributed by atoms with Gasteiger partial charge in [-0.25, -0.2) is 0 Å². The van der Waals surface area contributed by atoms with Crippen LogP contribution in [0.1, 0.15) is 45.4 Å². The van der Waals surface area contributed by atoms with Gasteiger partial charge < -0.3 is 15.7 Å². The molecular weight excluding hydrogens is 232 g/mol. The highest BCUT2D eigenvalue weighted by Gasteiger charge is 2.43. The molecule has 0 radical (unpaired) electrons. The van der Waals surface area contributed by atoms with Crippen LogP contribution in [0.25, 0.3) is 0 Å². The number of rotatable bonds is 6. The first-order chi connectivity index (χ1) is 8.50. The summed E-state index contributed by atoms with van der Waals surface area (Å²) in [5, 5.41) is 15.2. The number of nitrogens with one attached hydrogen (secondary N) is 2. The Balaban J connectivity index is 2.52. The van der Waals surface area contributed by atoms with Gasteiger partial charge in [-0.2, -0.15) is 0 Å². The van der Waals surface area contributed by atoms with E-state index >= 15 is 0 Å². The molecule has 18 heavy (non-hydrogen) atoms. The summed E-state index contributed by atoms with van der Waals surface area (Å²) < 4.78 is 0. The third-order valence-corrected chi connectivity index (χ3v) is 3.86. The summed E-state index contributed by atoms with van der Waals surface area (Å²) in [6.45, 7) is 2.54. The Hall–Kier alpha value is -1.10.